The number of amides is 2. The third-order valence-corrected chi connectivity index (χ3v) is 3.30. The van der Waals surface area contributed by atoms with Crippen molar-refractivity contribution in [3.63, 3.8) is 0 Å². The van der Waals surface area contributed by atoms with Crippen LogP contribution in [0.2, 0.25) is 5.02 Å². The van der Waals surface area contributed by atoms with Crippen LogP contribution in [0.1, 0.15) is 11.1 Å². The molecule has 21 heavy (non-hydrogen) atoms. The average Bonchev–Trinajstić information content (AvgIpc) is 2.45. The Bertz CT molecular complexity index is 627. The molecule has 0 saturated heterocycles. The lowest BCUT2D eigenvalue weighted by atomic mass is 10.1. The molecule has 2 aromatic carbocycles. The smallest absolute Gasteiger partial charge is 0.321 e. The number of carbonyl (C=O) groups is 1. The molecule has 110 valence electrons. The number of benzene rings is 2. The first kappa shape index (κ1) is 15.2. The highest BCUT2D eigenvalue weighted by Gasteiger charge is 2.02. The number of aryl methyl sites for hydroxylation is 2. The van der Waals surface area contributed by atoms with Crippen LogP contribution in [0.4, 0.5) is 10.5 Å². The summed E-state index contributed by atoms with van der Waals surface area (Å²) in [5.41, 5.74) is 3.02. The van der Waals surface area contributed by atoms with E-state index in [0.29, 0.717) is 10.7 Å². The fraction of sp³-hybridized carbons (Fsp3) is 0.188. The van der Waals surface area contributed by atoms with Crippen LogP contribution in [0.15, 0.2) is 42.5 Å². The van der Waals surface area contributed by atoms with Gasteiger partial charge in [-0.2, -0.15) is 0 Å². The zero-order chi connectivity index (χ0) is 15.2. The van der Waals surface area contributed by atoms with Crippen LogP contribution >= 0.6 is 11.6 Å². The maximum atomic E-state index is 11.7. The van der Waals surface area contributed by atoms with Crippen molar-refractivity contribution >= 4 is 23.3 Å². The summed E-state index contributed by atoms with van der Waals surface area (Å²) in [6.45, 7) is 4.15. The summed E-state index contributed by atoms with van der Waals surface area (Å²) in [5.74, 6) is 0.727. The molecule has 0 bridgehead atoms. The first-order chi connectivity index (χ1) is 10.0. The second-order valence-corrected chi connectivity index (χ2v) is 5.11. The highest BCUT2D eigenvalue weighted by molar-refractivity contribution is 6.30. The Morgan fingerprint density at radius 3 is 2.48 bits per heavy atom. The van der Waals surface area contributed by atoms with E-state index in [1.54, 1.807) is 24.3 Å². The number of urea groups is 1. The second kappa shape index (κ2) is 6.99. The van der Waals surface area contributed by atoms with Gasteiger partial charge in [-0.05, 0) is 61.4 Å². The first-order valence-corrected chi connectivity index (χ1v) is 6.93. The molecule has 2 amide bonds. The number of anilines is 1. The molecule has 2 N–H and O–H groups in total. The predicted octanol–water partition coefficient (Wildman–Crippen LogP) is 4.11. The lowest BCUT2D eigenvalue weighted by molar-refractivity contribution is 0.234. The van der Waals surface area contributed by atoms with Gasteiger partial charge in [0.25, 0.3) is 0 Å². The third-order valence-electron chi connectivity index (χ3n) is 3.05. The third kappa shape index (κ3) is 4.68. The maximum Gasteiger partial charge on any atom is 0.321 e. The van der Waals surface area contributed by atoms with Crippen molar-refractivity contribution in [3.05, 3.63) is 58.6 Å². The Hall–Kier alpha value is -2.20. The molecule has 0 atom stereocenters. The molecule has 0 aromatic heterocycles. The summed E-state index contributed by atoms with van der Waals surface area (Å²) < 4.78 is 5.48. The minimum atomic E-state index is -0.332. The van der Waals surface area contributed by atoms with Crippen molar-refractivity contribution in [2.45, 2.75) is 13.8 Å². The molecule has 5 heteroatoms. The van der Waals surface area contributed by atoms with Crippen molar-refractivity contribution in [2.24, 2.45) is 0 Å². The topological polar surface area (TPSA) is 50.4 Å². The van der Waals surface area contributed by atoms with E-state index in [-0.39, 0.29) is 12.8 Å². The van der Waals surface area contributed by atoms with Crippen LogP contribution in [0.5, 0.6) is 5.75 Å². The predicted molar refractivity (Wildman–Crippen MR) is 85.0 cm³/mol. The van der Waals surface area contributed by atoms with Gasteiger partial charge in [0, 0.05) is 10.7 Å². The van der Waals surface area contributed by atoms with Crippen LogP contribution in [0.3, 0.4) is 0 Å². The highest BCUT2D eigenvalue weighted by Crippen LogP contribution is 2.16. The zero-order valence-corrected chi connectivity index (χ0v) is 12.7. The van der Waals surface area contributed by atoms with Gasteiger partial charge >= 0.3 is 6.03 Å². The van der Waals surface area contributed by atoms with E-state index < -0.39 is 0 Å². The minimum absolute atomic E-state index is 0.0991. The van der Waals surface area contributed by atoms with Crippen molar-refractivity contribution in [1.29, 1.82) is 0 Å². The Kier molecular flexibility index (Phi) is 5.06. The molecule has 0 heterocycles. The van der Waals surface area contributed by atoms with Crippen molar-refractivity contribution < 1.29 is 9.53 Å². The molecule has 0 aliphatic carbocycles. The van der Waals surface area contributed by atoms with Gasteiger partial charge in [-0.25, -0.2) is 4.79 Å². The molecular weight excluding hydrogens is 288 g/mol. The number of carbonyl (C=O) groups excluding carboxylic acids is 1. The van der Waals surface area contributed by atoms with Crippen molar-refractivity contribution in [3.8, 4) is 5.75 Å². The van der Waals surface area contributed by atoms with Gasteiger partial charge in [0.1, 0.15) is 5.75 Å². The summed E-state index contributed by atoms with van der Waals surface area (Å²) in [5, 5.41) is 5.93. The Morgan fingerprint density at radius 1 is 1.10 bits per heavy atom. The number of rotatable bonds is 4. The van der Waals surface area contributed by atoms with E-state index in [0.717, 1.165) is 11.3 Å². The summed E-state index contributed by atoms with van der Waals surface area (Å²) >= 11 is 5.78. The molecule has 4 nitrogen and oxygen atoms in total. The van der Waals surface area contributed by atoms with Crippen LogP contribution in [-0.2, 0) is 0 Å². The van der Waals surface area contributed by atoms with Crippen molar-refractivity contribution in [1.82, 2.24) is 5.32 Å². The molecule has 0 spiro atoms. The van der Waals surface area contributed by atoms with E-state index in [1.807, 2.05) is 32.0 Å². The lowest BCUT2D eigenvalue weighted by Crippen LogP contribution is -2.31. The largest absolute Gasteiger partial charge is 0.473 e. The van der Waals surface area contributed by atoms with Crippen LogP contribution in [0, 0.1) is 13.8 Å². The van der Waals surface area contributed by atoms with Crippen LogP contribution in [-0.4, -0.2) is 12.8 Å². The SMILES string of the molecule is Cc1ccc(OCNC(=O)Nc2ccc(Cl)cc2)cc1C. The Labute approximate surface area is 129 Å². The maximum absolute atomic E-state index is 11.7. The van der Waals surface area contributed by atoms with E-state index >= 15 is 0 Å². The van der Waals surface area contributed by atoms with Gasteiger partial charge in [0.2, 0.25) is 0 Å². The van der Waals surface area contributed by atoms with Gasteiger partial charge in [0.05, 0.1) is 0 Å². The van der Waals surface area contributed by atoms with Gasteiger partial charge < -0.3 is 15.4 Å². The van der Waals surface area contributed by atoms with Gasteiger partial charge in [-0.3, -0.25) is 0 Å². The second-order valence-electron chi connectivity index (χ2n) is 4.67. The number of hydrogen-bond donors (Lipinski definition) is 2. The molecule has 0 aliphatic heterocycles. The molecule has 0 saturated carbocycles. The lowest BCUT2D eigenvalue weighted by Gasteiger charge is -2.10. The molecule has 2 aromatic rings. The summed E-state index contributed by atoms with van der Waals surface area (Å²) in [4.78, 5) is 11.7. The quantitative estimate of drug-likeness (QED) is 0.835. The summed E-state index contributed by atoms with van der Waals surface area (Å²) in [6, 6.07) is 12.3. The van der Waals surface area contributed by atoms with E-state index in [2.05, 4.69) is 10.6 Å². The Balaban J connectivity index is 1.78. The summed E-state index contributed by atoms with van der Waals surface area (Å²) in [7, 11) is 0. The van der Waals surface area contributed by atoms with E-state index in [9.17, 15) is 4.79 Å². The minimum Gasteiger partial charge on any atom is -0.473 e. The molecule has 2 rings (SSSR count). The molecular formula is C16H17ClN2O2. The zero-order valence-electron chi connectivity index (χ0n) is 11.9. The number of nitrogens with one attached hydrogen (secondary N) is 2. The normalized spacial score (nSPS) is 10.0. The number of hydrogen-bond acceptors (Lipinski definition) is 2. The van der Waals surface area contributed by atoms with Gasteiger partial charge in [-0.1, -0.05) is 17.7 Å². The summed E-state index contributed by atoms with van der Waals surface area (Å²) in [6.07, 6.45) is 0. The molecule has 0 unspecified atom stereocenters. The average molecular weight is 305 g/mol. The number of ether oxygens (including phenoxy) is 1. The molecule has 0 radical (unpaired) electrons. The van der Waals surface area contributed by atoms with Crippen LogP contribution in [0.25, 0.3) is 0 Å². The van der Waals surface area contributed by atoms with E-state index in [4.69, 9.17) is 16.3 Å². The number of halogens is 1. The van der Waals surface area contributed by atoms with Gasteiger partial charge in [-0.15, -0.1) is 0 Å². The fourth-order valence-corrected chi connectivity index (χ4v) is 1.82. The van der Waals surface area contributed by atoms with Crippen molar-refractivity contribution in [2.75, 3.05) is 12.0 Å². The monoisotopic (exact) mass is 304 g/mol. The first-order valence-electron chi connectivity index (χ1n) is 6.55. The Morgan fingerprint density at radius 2 is 1.81 bits per heavy atom. The fourth-order valence-electron chi connectivity index (χ4n) is 1.70. The standard InChI is InChI=1S/C16H17ClN2O2/c1-11-3-8-15(9-12(11)2)21-10-18-16(20)19-14-6-4-13(17)5-7-14/h3-9H,10H2,1-2H3,(H2,18,19,20). The van der Waals surface area contributed by atoms with Gasteiger partial charge in [0.15, 0.2) is 6.73 Å². The van der Waals surface area contributed by atoms with Crippen LogP contribution < -0.4 is 15.4 Å². The van der Waals surface area contributed by atoms with E-state index in [1.165, 1.54) is 5.56 Å². The molecule has 0 aliphatic rings. The molecule has 0 fully saturated rings. The highest BCUT2D eigenvalue weighted by atomic mass is 35.5.